The standard InChI is InChI=1S/C23H39N5O2S/c1-5-24-23(27-20-11-8-12-21(16-20)31(30)6-2)26-17-18-9-7-10-19(15-18)22(29)25-13-14-28(3)4/h7,9-10,15,20-21H,5-6,8,11-14,16-17H2,1-4H3,(H,25,29)(H2,24,26,27). The number of carbonyl (C=O) groups excluding carboxylic acids is 1. The van der Waals surface area contributed by atoms with Gasteiger partial charge in [0, 0.05) is 53.0 Å². The Morgan fingerprint density at radius 1 is 1.23 bits per heavy atom. The highest BCUT2D eigenvalue weighted by molar-refractivity contribution is 7.85. The van der Waals surface area contributed by atoms with E-state index in [1.165, 1.54) is 0 Å². The predicted octanol–water partition coefficient (Wildman–Crippen LogP) is 2.11. The Kier molecular flexibility index (Phi) is 11.0. The lowest BCUT2D eigenvalue weighted by Crippen LogP contribution is -2.46. The summed E-state index contributed by atoms with van der Waals surface area (Å²) in [5.74, 6) is 1.44. The number of nitrogens with zero attached hydrogens (tertiary/aromatic N) is 2. The van der Waals surface area contributed by atoms with Crippen LogP contribution in [0.25, 0.3) is 0 Å². The zero-order valence-corrected chi connectivity index (χ0v) is 20.3. The van der Waals surface area contributed by atoms with Crippen molar-refractivity contribution in [3.05, 3.63) is 35.4 Å². The fourth-order valence-electron chi connectivity index (χ4n) is 3.74. The molecule has 7 nitrogen and oxygen atoms in total. The van der Waals surface area contributed by atoms with Gasteiger partial charge in [0.15, 0.2) is 5.96 Å². The van der Waals surface area contributed by atoms with Crippen LogP contribution in [-0.4, -0.2) is 71.7 Å². The molecule has 0 bridgehead atoms. The number of benzene rings is 1. The molecule has 174 valence electrons. The molecule has 8 heteroatoms. The van der Waals surface area contributed by atoms with Gasteiger partial charge in [-0.25, -0.2) is 4.99 Å². The molecule has 31 heavy (non-hydrogen) atoms. The molecule has 0 radical (unpaired) electrons. The van der Waals surface area contributed by atoms with Gasteiger partial charge in [-0.2, -0.15) is 0 Å². The van der Waals surface area contributed by atoms with E-state index in [-0.39, 0.29) is 11.2 Å². The second kappa shape index (κ2) is 13.5. The number of hydrogen-bond acceptors (Lipinski definition) is 4. The lowest BCUT2D eigenvalue weighted by molar-refractivity contribution is 0.0951. The van der Waals surface area contributed by atoms with Gasteiger partial charge in [0.1, 0.15) is 0 Å². The summed E-state index contributed by atoms with van der Waals surface area (Å²) in [6.45, 7) is 6.73. The van der Waals surface area contributed by atoms with E-state index < -0.39 is 10.8 Å². The van der Waals surface area contributed by atoms with E-state index >= 15 is 0 Å². The normalized spacial score (nSPS) is 20.4. The molecule has 3 N–H and O–H groups in total. The van der Waals surface area contributed by atoms with Gasteiger partial charge in [-0.1, -0.05) is 25.5 Å². The smallest absolute Gasteiger partial charge is 0.251 e. The van der Waals surface area contributed by atoms with Crippen LogP contribution in [0.5, 0.6) is 0 Å². The van der Waals surface area contributed by atoms with Crippen molar-refractivity contribution in [3.63, 3.8) is 0 Å². The van der Waals surface area contributed by atoms with Crippen molar-refractivity contribution in [2.24, 2.45) is 4.99 Å². The fourth-order valence-corrected chi connectivity index (χ4v) is 5.09. The lowest BCUT2D eigenvalue weighted by atomic mass is 9.95. The first-order chi connectivity index (χ1) is 14.9. The number of rotatable bonds is 10. The van der Waals surface area contributed by atoms with E-state index in [0.717, 1.165) is 56.0 Å². The van der Waals surface area contributed by atoms with E-state index in [9.17, 15) is 9.00 Å². The zero-order chi connectivity index (χ0) is 22.6. The summed E-state index contributed by atoms with van der Waals surface area (Å²) in [4.78, 5) is 19.1. The number of amides is 1. The summed E-state index contributed by atoms with van der Waals surface area (Å²) in [5, 5.41) is 10.1. The summed E-state index contributed by atoms with van der Waals surface area (Å²) in [5.41, 5.74) is 1.65. The van der Waals surface area contributed by atoms with Crippen molar-refractivity contribution in [2.75, 3.05) is 39.5 Å². The van der Waals surface area contributed by atoms with Crippen LogP contribution in [0.4, 0.5) is 0 Å². The minimum absolute atomic E-state index is 0.0603. The molecule has 1 aromatic carbocycles. The maximum absolute atomic E-state index is 12.4. The Balaban J connectivity index is 1.97. The van der Waals surface area contributed by atoms with Gasteiger partial charge in [0.05, 0.1) is 6.54 Å². The molecule has 0 saturated heterocycles. The molecule has 0 spiro atoms. The van der Waals surface area contributed by atoms with Crippen molar-refractivity contribution >= 4 is 22.7 Å². The van der Waals surface area contributed by atoms with E-state index in [4.69, 9.17) is 4.99 Å². The van der Waals surface area contributed by atoms with E-state index in [1.54, 1.807) is 0 Å². The molecule has 1 amide bonds. The molecule has 0 aromatic heterocycles. The van der Waals surface area contributed by atoms with Crippen molar-refractivity contribution in [1.29, 1.82) is 0 Å². The Hall–Kier alpha value is -1.93. The summed E-state index contributed by atoms with van der Waals surface area (Å²) >= 11 is 0. The number of carbonyl (C=O) groups is 1. The summed E-state index contributed by atoms with van der Waals surface area (Å²) < 4.78 is 12.2. The van der Waals surface area contributed by atoms with Crippen LogP contribution < -0.4 is 16.0 Å². The van der Waals surface area contributed by atoms with E-state index in [0.29, 0.717) is 24.7 Å². The topological polar surface area (TPSA) is 85.8 Å². The lowest BCUT2D eigenvalue weighted by Gasteiger charge is -2.30. The first-order valence-electron chi connectivity index (χ1n) is 11.4. The quantitative estimate of drug-likeness (QED) is 0.376. The van der Waals surface area contributed by atoms with Gasteiger partial charge in [-0.15, -0.1) is 0 Å². The van der Waals surface area contributed by atoms with Gasteiger partial charge < -0.3 is 20.9 Å². The Bertz CT molecular complexity index is 753. The van der Waals surface area contributed by atoms with E-state index in [2.05, 4.69) is 16.0 Å². The van der Waals surface area contributed by atoms with Crippen LogP contribution >= 0.6 is 0 Å². The third kappa shape index (κ3) is 8.99. The molecule has 3 unspecified atom stereocenters. The molecular weight excluding hydrogens is 410 g/mol. The fraction of sp³-hybridized carbons (Fsp3) is 0.652. The first kappa shape index (κ1) is 25.3. The third-order valence-corrected chi connectivity index (χ3v) is 7.16. The van der Waals surface area contributed by atoms with Crippen LogP contribution in [0, 0.1) is 0 Å². The molecule has 1 aliphatic rings. The summed E-state index contributed by atoms with van der Waals surface area (Å²) in [6, 6.07) is 7.92. The van der Waals surface area contributed by atoms with Gasteiger partial charge in [0.2, 0.25) is 0 Å². The predicted molar refractivity (Wildman–Crippen MR) is 130 cm³/mol. The number of hydrogen-bond donors (Lipinski definition) is 3. The van der Waals surface area contributed by atoms with Gasteiger partial charge >= 0.3 is 0 Å². The third-order valence-electron chi connectivity index (χ3n) is 5.42. The first-order valence-corrected chi connectivity index (χ1v) is 12.7. The van der Waals surface area contributed by atoms with E-state index in [1.807, 2.05) is 57.1 Å². The highest BCUT2D eigenvalue weighted by Gasteiger charge is 2.26. The van der Waals surface area contributed by atoms with Gasteiger partial charge in [-0.05, 0) is 58.0 Å². The monoisotopic (exact) mass is 449 g/mol. The molecule has 1 aromatic rings. The van der Waals surface area contributed by atoms with Crippen molar-refractivity contribution in [3.8, 4) is 0 Å². The molecule has 0 heterocycles. The highest BCUT2D eigenvalue weighted by atomic mass is 32.2. The Morgan fingerprint density at radius 2 is 2.03 bits per heavy atom. The molecule has 3 atom stereocenters. The average molecular weight is 450 g/mol. The number of nitrogens with one attached hydrogen (secondary N) is 3. The Morgan fingerprint density at radius 3 is 2.74 bits per heavy atom. The van der Waals surface area contributed by atoms with Crippen molar-refractivity contribution < 1.29 is 9.00 Å². The maximum Gasteiger partial charge on any atom is 0.251 e. The number of likely N-dealkylation sites (N-methyl/N-ethyl adjacent to an activating group) is 1. The zero-order valence-electron chi connectivity index (χ0n) is 19.4. The maximum atomic E-state index is 12.4. The molecular formula is C23H39N5O2S. The van der Waals surface area contributed by atoms with Gasteiger partial charge in [0.25, 0.3) is 5.91 Å². The SMILES string of the molecule is CCNC(=NCc1cccc(C(=O)NCCN(C)C)c1)NC1CCCC(S(=O)CC)C1. The second-order valence-corrected chi connectivity index (χ2v) is 10.3. The van der Waals surface area contributed by atoms with Crippen molar-refractivity contribution in [2.45, 2.75) is 57.4 Å². The van der Waals surface area contributed by atoms with Crippen LogP contribution in [-0.2, 0) is 17.3 Å². The minimum atomic E-state index is -0.740. The van der Waals surface area contributed by atoms with Crippen molar-refractivity contribution in [1.82, 2.24) is 20.9 Å². The second-order valence-electron chi connectivity index (χ2n) is 8.25. The molecule has 2 rings (SSSR count). The van der Waals surface area contributed by atoms with Crippen LogP contribution in [0.2, 0.25) is 0 Å². The average Bonchev–Trinajstić information content (AvgIpc) is 2.77. The van der Waals surface area contributed by atoms with Crippen LogP contribution in [0.15, 0.2) is 29.3 Å². The van der Waals surface area contributed by atoms with Crippen LogP contribution in [0.1, 0.15) is 55.5 Å². The number of aliphatic imine (C=N–C) groups is 1. The Labute approximate surface area is 189 Å². The largest absolute Gasteiger partial charge is 0.357 e. The molecule has 1 fully saturated rings. The molecule has 1 saturated carbocycles. The summed E-state index contributed by atoms with van der Waals surface area (Å²) in [7, 11) is 3.23. The molecule has 1 aliphatic carbocycles. The van der Waals surface area contributed by atoms with Crippen LogP contribution in [0.3, 0.4) is 0 Å². The molecule has 0 aliphatic heterocycles. The van der Waals surface area contributed by atoms with Gasteiger partial charge in [-0.3, -0.25) is 9.00 Å². The number of guanidine groups is 1. The highest BCUT2D eigenvalue weighted by Crippen LogP contribution is 2.23. The minimum Gasteiger partial charge on any atom is -0.357 e. The summed E-state index contributed by atoms with van der Waals surface area (Å²) in [6.07, 6.45) is 4.14.